The number of nitrogens with two attached hydrogens (primary N) is 1. The third-order valence-corrected chi connectivity index (χ3v) is 6.20. The maximum absolute atomic E-state index is 11.7. The quantitative estimate of drug-likeness (QED) is 0.624. The Morgan fingerprint density at radius 1 is 1.24 bits per heavy atom. The molecule has 1 aliphatic heterocycles. The van der Waals surface area contributed by atoms with Crippen LogP contribution in [0.2, 0.25) is 0 Å². The minimum Gasteiger partial charge on any atom is -0.394 e. The maximum atomic E-state index is 11.7. The molecule has 1 aromatic carbocycles. The standard InChI is InChI=1S/C20H29N5O3S/c1-4-16-10-19(24-20(22-16)23-18(12-26)13(2)3)25-8-7-14-5-6-17(29(21,27)28)9-15(14)11-25/h5-6,9-10,13,18,26H,4,7-8,11-12H2,1-3H3,(H2,21,27,28)(H,22,23,24)/t18-/m1/s1. The number of aromatic nitrogens is 2. The molecule has 3 rings (SSSR count). The summed E-state index contributed by atoms with van der Waals surface area (Å²) in [5.74, 6) is 1.51. The Morgan fingerprint density at radius 3 is 2.62 bits per heavy atom. The van der Waals surface area contributed by atoms with E-state index in [0.717, 1.165) is 42.0 Å². The third kappa shape index (κ3) is 5.04. The van der Waals surface area contributed by atoms with Crippen LogP contribution < -0.4 is 15.4 Å². The average molecular weight is 420 g/mol. The lowest BCUT2D eigenvalue weighted by molar-refractivity contribution is 0.248. The normalized spacial score (nSPS) is 15.3. The summed E-state index contributed by atoms with van der Waals surface area (Å²) in [6.07, 6.45) is 1.55. The molecular weight excluding hydrogens is 390 g/mol. The highest BCUT2D eigenvalue weighted by atomic mass is 32.2. The first kappa shape index (κ1) is 21.5. The molecule has 158 valence electrons. The van der Waals surface area contributed by atoms with Crippen molar-refractivity contribution in [3.63, 3.8) is 0 Å². The predicted octanol–water partition coefficient (Wildman–Crippen LogP) is 1.68. The van der Waals surface area contributed by atoms with Gasteiger partial charge in [0, 0.05) is 24.8 Å². The molecule has 2 heterocycles. The number of fused-ring (bicyclic) bond motifs is 1. The van der Waals surface area contributed by atoms with E-state index >= 15 is 0 Å². The zero-order chi connectivity index (χ0) is 21.2. The second-order valence-electron chi connectivity index (χ2n) is 7.72. The lowest BCUT2D eigenvalue weighted by Gasteiger charge is -2.31. The molecule has 1 aliphatic rings. The smallest absolute Gasteiger partial charge is 0.238 e. The van der Waals surface area contributed by atoms with Crippen LogP contribution in [0.15, 0.2) is 29.2 Å². The zero-order valence-electron chi connectivity index (χ0n) is 17.1. The second kappa shape index (κ2) is 8.64. The molecule has 0 radical (unpaired) electrons. The van der Waals surface area contributed by atoms with Gasteiger partial charge in [0.05, 0.1) is 17.5 Å². The molecule has 0 spiro atoms. The maximum Gasteiger partial charge on any atom is 0.238 e. The Kier molecular flexibility index (Phi) is 6.40. The van der Waals surface area contributed by atoms with Crippen molar-refractivity contribution in [2.45, 2.75) is 51.1 Å². The first-order valence-corrected chi connectivity index (χ1v) is 11.4. The van der Waals surface area contributed by atoms with Gasteiger partial charge in [-0.1, -0.05) is 26.8 Å². The molecule has 1 aromatic heterocycles. The lowest BCUT2D eigenvalue weighted by Crippen LogP contribution is -2.33. The Labute approximate surface area is 172 Å². The highest BCUT2D eigenvalue weighted by Gasteiger charge is 2.22. The molecular formula is C20H29N5O3S. The highest BCUT2D eigenvalue weighted by Crippen LogP contribution is 2.26. The predicted molar refractivity (Wildman–Crippen MR) is 113 cm³/mol. The van der Waals surface area contributed by atoms with Gasteiger partial charge in [-0.15, -0.1) is 0 Å². The average Bonchev–Trinajstić information content (AvgIpc) is 2.69. The highest BCUT2D eigenvalue weighted by molar-refractivity contribution is 7.89. The van der Waals surface area contributed by atoms with Gasteiger partial charge in [-0.2, -0.15) is 4.98 Å². The molecule has 0 saturated carbocycles. The number of nitrogens with zero attached hydrogens (tertiary/aromatic N) is 3. The van der Waals surface area contributed by atoms with Crippen molar-refractivity contribution in [2.24, 2.45) is 11.1 Å². The van der Waals surface area contributed by atoms with Crippen molar-refractivity contribution in [3.8, 4) is 0 Å². The number of sulfonamides is 1. The fourth-order valence-corrected chi connectivity index (χ4v) is 3.95. The number of hydrogen-bond donors (Lipinski definition) is 3. The van der Waals surface area contributed by atoms with Crippen LogP contribution >= 0.6 is 0 Å². The topological polar surface area (TPSA) is 121 Å². The van der Waals surface area contributed by atoms with Crippen LogP contribution in [0.3, 0.4) is 0 Å². The number of aryl methyl sites for hydroxylation is 1. The van der Waals surface area contributed by atoms with Crippen molar-refractivity contribution in [1.29, 1.82) is 0 Å². The summed E-state index contributed by atoms with van der Waals surface area (Å²) in [7, 11) is -3.74. The monoisotopic (exact) mass is 419 g/mol. The molecule has 2 aromatic rings. The van der Waals surface area contributed by atoms with E-state index < -0.39 is 10.0 Å². The van der Waals surface area contributed by atoms with Gasteiger partial charge in [-0.25, -0.2) is 18.5 Å². The van der Waals surface area contributed by atoms with Crippen LogP contribution in [-0.2, 0) is 29.4 Å². The summed E-state index contributed by atoms with van der Waals surface area (Å²) >= 11 is 0. The van der Waals surface area contributed by atoms with E-state index in [9.17, 15) is 13.5 Å². The fraction of sp³-hybridized carbons (Fsp3) is 0.500. The summed E-state index contributed by atoms with van der Waals surface area (Å²) in [4.78, 5) is 11.5. The molecule has 0 bridgehead atoms. The van der Waals surface area contributed by atoms with E-state index in [0.29, 0.717) is 12.5 Å². The van der Waals surface area contributed by atoms with Crippen molar-refractivity contribution in [3.05, 3.63) is 41.1 Å². The molecule has 9 heteroatoms. The SMILES string of the molecule is CCc1cc(N2CCc3ccc(S(N)(=O)=O)cc3C2)nc(N[C@H](CO)C(C)C)n1. The van der Waals surface area contributed by atoms with Gasteiger partial charge in [0.1, 0.15) is 5.82 Å². The number of hydrogen-bond acceptors (Lipinski definition) is 7. The zero-order valence-corrected chi connectivity index (χ0v) is 17.9. The fourth-order valence-electron chi connectivity index (χ4n) is 3.39. The summed E-state index contributed by atoms with van der Waals surface area (Å²) in [6.45, 7) is 7.42. The van der Waals surface area contributed by atoms with E-state index in [4.69, 9.17) is 5.14 Å². The van der Waals surface area contributed by atoms with Crippen molar-refractivity contribution in [1.82, 2.24) is 9.97 Å². The van der Waals surface area contributed by atoms with Gasteiger partial charge < -0.3 is 15.3 Å². The van der Waals surface area contributed by atoms with Gasteiger partial charge in [0.25, 0.3) is 0 Å². The Hall–Kier alpha value is -2.23. The molecule has 0 aliphatic carbocycles. The van der Waals surface area contributed by atoms with E-state index in [1.807, 2.05) is 32.9 Å². The van der Waals surface area contributed by atoms with Gasteiger partial charge in [0.2, 0.25) is 16.0 Å². The summed E-state index contributed by atoms with van der Waals surface area (Å²) < 4.78 is 23.4. The van der Waals surface area contributed by atoms with Crippen molar-refractivity contribution >= 4 is 21.8 Å². The molecule has 29 heavy (non-hydrogen) atoms. The van der Waals surface area contributed by atoms with Crippen LogP contribution in [0.4, 0.5) is 11.8 Å². The molecule has 8 nitrogen and oxygen atoms in total. The lowest BCUT2D eigenvalue weighted by atomic mass is 10.00. The van der Waals surface area contributed by atoms with Gasteiger partial charge >= 0.3 is 0 Å². The van der Waals surface area contributed by atoms with E-state index in [1.165, 1.54) is 0 Å². The first-order valence-electron chi connectivity index (χ1n) is 9.86. The Balaban J connectivity index is 1.90. The van der Waals surface area contributed by atoms with E-state index in [2.05, 4.69) is 20.2 Å². The molecule has 0 fully saturated rings. The number of benzene rings is 1. The van der Waals surface area contributed by atoms with Crippen LogP contribution in [0.1, 0.15) is 37.6 Å². The molecule has 0 amide bonds. The molecule has 0 unspecified atom stereocenters. The molecule has 0 saturated heterocycles. The first-order chi connectivity index (χ1) is 13.7. The van der Waals surface area contributed by atoms with Crippen molar-refractivity contribution < 1.29 is 13.5 Å². The summed E-state index contributed by atoms with van der Waals surface area (Å²) in [6, 6.07) is 6.88. The minimum atomic E-state index is -3.74. The van der Waals surface area contributed by atoms with Gasteiger partial charge in [0.15, 0.2) is 0 Å². The summed E-state index contributed by atoms with van der Waals surface area (Å²) in [5, 5.41) is 18.1. The van der Waals surface area contributed by atoms with E-state index in [1.54, 1.807) is 12.1 Å². The van der Waals surface area contributed by atoms with Crippen LogP contribution in [0.5, 0.6) is 0 Å². The van der Waals surface area contributed by atoms with Crippen molar-refractivity contribution in [2.75, 3.05) is 23.4 Å². The Morgan fingerprint density at radius 2 is 2.00 bits per heavy atom. The summed E-state index contributed by atoms with van der Waals surface area (Å²) in [5.41, 5.74) is 2.96. The molecule has 1 atom stereocenters. The largest absolute Gasteiger partial charge is 0.394 e. The second-order valence-corrected chi connectivity index (χ2v) is 9.28. The number of anilines is 2. The Bertz CT molecular complexity index is 978. The van der Waals surface area contributed by atoms with Crippen LogP contribution in [-0.4, -0.2) is 42.7 Å². The molecule has 4 N–H and O–H groups in total. The van der Waals surface area contributed by atoms with Crippen LogP contribution in [0, 0.1) is 5.92 Å². The number of nitrogens with one attached hydrogen (secondary N) is 1. The number of aliphatic hydroxyl groups excluding tert-OH is 1. The third-order valence-electron chi connectivity index (χ3n) is 5.29. The van der Waals surface area contributed by atoms with Crippen LogP contribution in [0.25, 0.3) is 0 Å². The number of rotatable bonds is 7. The van der Waals surface area contributed by atoms with Gasteiger partial charge in [-0.3, -0.25) is 0 Å². The van der Waals surface area contributed by atoms with E-state index in [-0.39, 0.29) is 23.5 Å². The minimum absolute atomic E-state index is 0.000141. The number of aliphatic hydroxyl groups is 1. The number of primary sulfonamides is 1. The van der Waals surface area contributed by atoms with Gasteiger partial charge in [-0.05, 0) is 42.0 Å².